The fourth-order valence-electron chi connectivity index (χ4n) is 9.22. The molecule has 3 nitrogen and oxygen atoms in total. The molecule has 0 saturated carbocycles. The molecule has 0 radical (unpaired) electrons. The Labute approximate surface area is 326 Å². The predicted octanol–water partition coefficient (Wildman–Crippen LogP) is 14.2. The van der Waals surface area contributed by atoms with Gasteiger partial charge in [0, 0.05) is 39.6 Å². The molecule has 1 heterocycles. The second-order valence-corrected chi connectivity index (χ2v) is 14.5. The standard InChI is InChI=1S/C53H36N2O/c1-5-19-38(20-6-1)54(39-21-7-2-8-22-39)42-33-34-47-45(36-42)44-28-15-16-29-46(44)53(47)48-30-17-31-49(55(40-23-9-3-10-24-40)41-25-11-4-12-26-41)52(48)56-50-35-32-37-18-13-14-27-43(37)51(50)53/h1-36H. The summed E-state index contributed by atoms with van der Waals surface area (Å²) < 4.78 is 7.29. The van der Waals surface area contributed by atoms with Crippen molar-refractivity contribution in [3.05, 3.63) is 241 Å². The summed E-state index contributed by atoms with van der Waals surface area (Å²) in [7, 11) is 0. The Balaban J connectivity index is 1.23. The Morgan fingerprint density at radius 3 is 1.55 bits per heavy atom. The molecule has 264 valence electrons. The van der Waals surface area contributed by atoms with Gasteiger partial charge in [-0.05, 0) is 106 Å². The van der Waals surface area contributed by atoms with Crippen LogP contribution in [0.2, 0.25) is 0 Å². The lowest BCUT2D eigenvalue weighted by molar-refractivity contribution is 0.439. The van der Waals surface area contributed by atoms with E-state index in [2.05, 4.69) is 228 Å². The molecule has 0 N–H and O–H groups in total. The zero-order valence-corrected chi connectivity index (χ0v) is 30.6. The lowest BCUT2D eigenvalue weighted by Gasteiger charge is -2.42. The molecule has 3 heteroatoms. The number of fused-ring (bicyclic) bond motifs is 11. The van der Waals surface area contributed by atoms with Gasteiger partial charge in [-0.3, -0.25) is 0 Å². The van der Waals surface area contributed by atoms with Gasteiger partial charge in [0.1, 0.15) is 5.75 Å². The van der Waals surface area contributed by atoms with E-state index in [-0.39, 0.29) is 0 Å². The Morgan fingerprint density at radius 2 is 0.893 bits per heavy atom. The van der Waals surface area contributed by atoms with Crippen LogP contribution < -0.4 is 14.5 Å². The van der Waals surface area contributed by atoms with Gasteiger partial charge in [-0.25, -0.2) is 0 Å². The third-order valence-corrected chi connectivity index (χ3v) is 11.5. The van der Waals surface area contributed by atoms with Crippen molar-refractivity contribution in [1.82, 2.24) is 0 Å². The molecule has 0 aromatic heterocycles. The van der Waals surface area contributed by atoms with Crippen LogP contribution in [0.1, 0.15) is 22.3 Å². The summed E-state index contributed by atoms with van der Waals surface area (Å²) >= 11 is 0. The van der Waals surface area contributed by atoms with Crippen LogP contribution in [0.5, 0.6) is 11.5 Å². The van der Waals surface area contributed by atoms with Crippen LogP contribution in [0.4, 0.5) is 34.1 Å². The van der Waals surface area contributed by atoms with E-state index >= 15 is 0 Å². The van der Waals surface area contributed by atoms with Gasteiger partial charge in [-0.2, -0.15) is 0 Å². The summed E-state index contributed by atoms with van der Waals surface area (Å²) in [6, 6.07) is 78.4. The van der Waals surface area contributed by atoms with Crippen molar-refractivity contribution >= 4 is 44.9 Å². The molecule has 11 rings (SSSR count). The first-order chi connectivity index (χ1) is 27.8. The maximum atomic E-state index is 7.29. The fraction of sp³-hybridized carbons (Fsp3) is 0.0189. The van der Waals surface area contributed by atoms with Crippen molar-refractivity contribution in [2.75, 3.05) is 9.80 Å². The maximum Gasteiger partial charge on any atom is 0.156 e. The minimum Gasteiger partial charge on any atom is -0.454 e. The summed E-state index contributed by atoms with van der Waals surface area (Å²) in [4.78, 5) is 4.67. The normalized spacial score (nSPS) is 14.6. The first-order valence-corrected chi connectivity index (χ1v) is 19.2. The molecule has 0 amide bonds. The fourth-order valence-corrected chi connectivity index (χ4v) is 9.22. The lowest BCUT2D eigenvalue weighted by Crippen LogP contribution is -2.33. The monoisotopic (exact) mass is 716 g/mol. The van der Waals surface area contributed by atoms with Gasteiger partial charge in [-0.1, -0.05) is 146 Å². The van der Waals surface area contributed by atoms with Gasteiger partial charge in [0.25, 0.3) is 0 Å². The summed E-state index contributed by atoms with van der Waals surface area (Å²) in [6.07, 6.45) is 0. The molecule has 9 aromatic rings. The number of benzene rings is 9. The summed E-state index contributed by atoms with van der Waals surface area (Å²) in [6.45, 7) is 0. The van der Waals surface area contributed by atoms with Gasteiger partial charge in [0.05, 0.1) is 11.1 Å². The van der Waals surface area contributed by atoms with Crippen molar-refractivity contribution in [2.24, 2.45) is 0 Å². The zero-order chi connectivity index (χ0) is 37.1. The van der Waals surface area contributed by atoms with E-state index in [9.17, 15) is 0 Å². The van der Waals surface area contributed by atoms with E-state index in [1.165, 1.54) is 38.6 Å². The molecule has 56 heavy (non-hydrogen) atoms. The largest absolute Gasteiger partial charge is 0.454 e. The number of rotatable bonds is 6. The number of ether oxygens (including phenoxy) is 1. The van der Waals surface area contributed by atoms with Gasteiger partial charge in [0.15, 0.2) is 5.75 Å². The van der Waals surface area contributed by atoms with Crippen LogP contribution in [0.15, 0.2) is 218 Å². The Kier molecular flexibility index (Phi) is 7.39. The van der Waals surface area contributed by atoms with Crippen molar-refractivity contribution in [3.8, 4) is 22.6 Å². The summed E-state index contributed by atoms with van der Waals surface area (Å²) in [5, 5.41) is 2.37. The molecule has 1 unspecified atom stereocenters. The van der Waals surface area contributed by atoms with Crippen LogP contribution in [0.3, 0.4) is 0 Å². The molecule has 1 atom stereocenters. The van der Waals surface area contributed by atoms with Gasteiger partial charge in [0.2, 0.25) is 0 Å². The highest BCUT2D eigenvalue weighted by molar-refractivity contribution is 5.99. The highest BCUT2D eigenvalue weighted by Gasteiger charge is 2.52. The SMILES string of the molecule is c1ccc(N(c2ccccc2)c2ccc3c(c2)-c2ccccc2C32c3cccc(N(c4ccccc4)c4ccccc4)c3Oc3ccc4ccccc4c32)cc1. The van der Waals surface area contributed by atoms with Crippen LogP contribution in [-0.2, 0) is 5.41 Å². The quantitative estimate of drug-likeness (QED) is 0.170. The predicted molar refractivity (Wildman–Crippen MR) is 231 cm³/mol. The van der Waals surface area contributed by atoms with Crippen molar-refractivity contribution in [3.63, 3.8) is 0 Å². The van der Waals surface area contributed by atoms with Crippen molar-refractivity contribution in [2.45, 2.75) is 5.41 Å². The summed E-state index contributed by atoms with van der Waals surface area (Å²) in [5.41, 5.74) is 13.0. The average molecular weight is 717 g/mol. The number of para-hydroxylation sites is 5. The van der Waals surface area contributed by atoms with E-state index < -0.39 is 5.41 Å². The molecule has 9 aromatic carbocycles. The summed E-state index contributed by atoms with van der Waals surface area (Å²) in [5.74, 6) is 1.72. The molecule has 1 spiro atoms. The molecular weight excluding hydrogens is 681 g/mol. The van der Waals surface area contributed by atoms with Crippen LogP contribution in [0, 0.1) is 0 Å². The second-order valence-electron chi connectivity index (χ2n) is 14.5. The molecule has 0 fully saturated rings. The van der Waals surface area contributed by atoms with Gasteiger partial charge in [-0.15, -0.1) is 0 Å². The maximum absolute atomic E-state index is 7.29. The van der Waals surface area contributed by atoms with Gasteiger partial charge >= 0.3 is 0 Å². The highest BCUT2D eigenvalue weighted by atomic mass is 16.5. The number of nitrogens with zero attached hydrogens (tertiary/aromatic N) is 2. The number of anilines is 6. The second kappa shape index (κ2) is 12.9. The first-order valence-electron chi connectivity index (χ1n) is 19.2. The first kappa shape index (κ1) is 32.1. The van der Waals surface area contributed by atoms with E-state index in [4.69, 9.17) is 4.74 Å². The number of hydrogen-bond donors (Lipinski definition) is 0. The molecule has 2 aliphatic rings. The van der Waals surface area contributed by atoms with E-state index in [1.54, 1.807) is 0 Å². The minimum absolute atomic E-state index is 0.673. The van der Waals surface area contributed by atoms with Gasteiger partial charge < -0.3 is 14.5 Å². The van der Waals surface area contributed by atoms with Crippen LogP contribution in [0.25, 0.3) is 21.9 Å². The topological polar surface area (TPSA) is 15.7 Å². The Hall–Kier alpha value is -7.36. The molecule has 1 aliphatic carbocycles. The lowest BCUT2D eigenvalue weighted by atomic mass is 9.64. The molecule has 0 saturated heterocycles. The molecule has 1 aliphatic heterocycles. The Morgan fingerprint density at radius 1 is 0.357 bits per heavy atom. The van der Waals surface area contributed by atoms with Crippen LogP contribution >= 0.6 is 0 Å². The van der Waals surface area contributed by atoms with E-state index in [0.29, 0.717) is 0 Å². The number of hydrogen-bond acceptors (Lipinski definition) is 3. The van der Waals surface area contributed by atoms with Crippen molar-refractivity contribution in [1.29, 1.82) is 0 Å². The molecular formula is C53H36N2O. The average Bonchev–Trinajstić information content (AvgIpc) is 3.55. The van der Waals surface area contributed by atoms with Crippen molar-refractivity contribution < 1.29 is 4.74 Å². The zero-order valence-electron chi connectivity index (χ0n) is 30.6. The molecule has 0 bridgehead atoms. The van der Waals surface area contributed by atoms with E-state index in [1.807, 2.05) is 0 Å². The smallest absolute Gasteiger partial charge is 0.156 e. The van der Waals surface area contributed by atoms with E-state index in [0.717, 1.165) is 51.2 Å². The van der Waals surface area contributed by atoms with Crippen LogP contribution in [-0.4, -0.2) is 0 Å². The third kappa shape index (κ3) is 4.77. The highest BCUT2D eigenvalue weighted by Crippen LogP contribution is 2.65. The minimum atomic E-state index is -0.673. The Bertz CT molecular complexity index is 2810. The third-order valence-electron chi connectivity index (χ3n) is 11.5.